The summed E-state index contributed by atoms with van der Waals surface area (Å²) >= 11 is 0. The van der Waals surface area contributed by atoms with Gasteiger partial charge in [0.15, 0.2) is 0 Å². The maximum Gasteiger partial charge on any atom is 0.228 e. The molecule has 1 atom stereocenters. The number of amides is 1. The Labute approximate surface area is 178 Å². The molecule has 4 rings (SSSR count). The molecule has 1 amide bonds. The lowest BCUT2D eigenvalue weighted by Crippen LogP contribution is -2.49. The number of hydrogen-bond acceptors (Lipinski definition) is 5. The topological polar surface area (TPSA) is 65.0 Å². The van der Waals surface area contributed by atoms with E-state index in [1.54, 1.807) is 0 Å². The lowest BCUT2D eigenvalue weighted by molar-refractivity contribution is -0.115. The fourth-order valence-electron chi connectivity index (χ4n) is 4.10. The Balaban J connectivity index is 1.21. The van der Waals surface area contributed by atoms with Gasteiger partial charge < -0.3 is 20.1 Å². The van der Waals surface area contributed by atoms with Gasteiger partial charge in [0.1, 0.15) is 18.5 Å². The number of ether oxygens (including phenoxy) is 1. The monoisotopic (exact) mass is 409 g/mol. The van der Waals surface area contributed by atoms with Gasteiger partial charge in [-0.3, -0.25) is 9.69 Å². The lowest BCUT2D eigenvalue weighted by Gasteiger charge is -2.37. The average Bonchev–Trinajstić information content (AvgIpc) is 3.12. The summed E-state index contributed by atoms with van der Waals surface area (Å²) in [5, 5.41) is 13.2. The number of piperazine rings is 1. The van der Waals surface area contributed by atoms with E-state index >= 15 is 0 Å². The quantitative estimate of drug-likeness (QED) is 0.736. The minimum Gasteiger partial charge on any atom is -0.491 e. The van der Waals surface area contributed by atoms with Gasteiger partial charge in [-0.05, 0) is 47.4 Å². The third-order valence-electron chi connectivity index (χ3n) is 5.91. The van der Waals surface area contributed by atoms with Crippen LogP contribution in [0.2, 0.25) is 0 Å². The third-order valence-corrected chi connectivity index (χ3v) is 5.91. The van der Waals surface area contributed by atoms with Gasteiger partial charge in [0.05, 0.1) is 6.42 Å². The van der Waals surface area contributed by atoms with Gasteiger partial charge in [0.2, 0.25) is 5.91 Å². The second-order valence-electron chi connectivity index (χ2n) is 8.54. The van der Waals surface area contributed by atoms with Crippen molar-refractivity contribution in [3.63, 3.8) is 0 Å². The Morgan fingerprint density at radius 3 is 2.50 bits per heavy atom. The van der Waals surface area contributed by atoms with Crippen molar-refractivity contribution in [1.29, 1.82) is 0 Å². The lowest BCUT2D eigenvalue weighted by atomic mass is 10.0. The Kier molecular flexibility index (Phi) is 6.25. The molecule has 30 heavy (non-hydrogen) atoms. The molecule has 1 fully saturated rings. The summed E-state index contributed by atoms with van der Waals surface area (Å²) < 4.78 is 5.76. The van der Waals surface area contributed by atoms with E-state index < -0.39 is 6.10 Å². The van der Waals surface area contributed by atoms with Crippen LogP contribution in [0, 0.1) is 0 Å². The summed E-state index contributed by atoms with van der Waals surface area (Å²) in [7, 11) is 0. The predicted molar refractivity (Wildman–Crippen MR) is 119 cm³/mol. The SMILES string of the molecule is CC(C)c1ccc(N2CCN(C[C@H](O)COc3ccc4c(c3)CC(=O)N4)CC2)cc1. The highest BCUT2D eigenvalue weighted by molar-refractivity contribution is 5.99. The van der Waals surface area contributed by atoms with E-state index in [1.807, 2.05) is 18.2 Å². The van der Waals surface area contributed by atoms with Gasteiger partial charge in [-0.1, -0.05) is 26.0 Å². The van der Waals surface area contributed by atoms with Crippen LogP contribution in [0.15, 0.2) is 42.5 Å². The number of fused-ring (bicyclic) bond motifs is 1. The van der Waals surface area contributed by atoms with Gasteiger partial charge in [0, 0.05) is 44.1 Å². The van der Waals surface area contributed by atoms with Crippen LogP contribution in [0.5, 0.6) is 5.75 Å². The summed E-state index contributed by atoms with van der Waals surface area (Å²) in [6.07, 6.45) is -0.158. The molecule has 2 aromatic carbocycles. The molecule has 1 saturated heterocycles. The highest BCUT2D eigenvalue weighted by Crippen LogP contribution is 2.27. The van der Waals surface area contributed by atoms with E-state index in [0.717, 1.165) is 37.4 Å². The molecule has 160 valence electrons. The van der Waals surface area contributed by atoms with Crippen LogP contribution >= 0.6 is 0 Å². The summed E-state index contributed by atoms with van der Waals surface area (Å²) in [6.45, 7) is 9.05. The first-order chi connectivity index (χ1) is 14.5. The fraction of sp³-hybridized carbons (Fsp3) is 0.458. The predicted octanol–water partition coefficient (Wildman–Crippen LogP) is 2.87. The minimum atomic E-state index is -0.546. The second-order valence-corrected chi connectivity index (χ2v) is 8.54. The zero-order valence-corrected chi connectivity index (χ0v) is 17.8. The summed E-state index contributed by atoms with van der Waals surface area (Å²) in [5.41, 5.74) is 4.44. The van der Waals surface area contributed by atoms with Crippen molar-refractivity contribution < 1.29 is 14.6 Å². The molecule has 2 heterocycles. The Hall–Kier alpha value is -2.57. The van der Waals surface area contributed by atoms with Crippen molar-refractivity contribution in [2.75, 3.05) is 49.5 Å². The Morgan fingerprint density at radius 2 is 1.80 bits per heavy atom. The number of hydrogen-bond donors (Lipinski definition) is 2. The Bertz CT molecular complexity index is 874. The summed E-state index contributed by atoms with van der Waals surface area (Å²) in [6, 6.07) is 14.4. The molecule has 2 N–H and O–H groups in total. The van der Waals surface area contributed by atoms with E-state index in [4.69, 9.17) is 4.74 Å². The van der Waals surface area contributed by atoms with E-state index in [9.17, 15) is 9.90 Å². The van der Waals surface area contributed by atoms with Crippen LogP contribution in [0.1, 0.15) is 30.9 Å². The van der Waals surface area contributed by atoms with Gasteiger partial charge in [-0.2, -0.15) is 0 Å². The summed E-state index contributed by atoms with van der Waals surface area (Å²) in [5.74, 6) is 1.26. The van der Waals surface area contributed by atoms with Gasteiger partial charge in [0.25, 0.3) is 0 Å². The molecule has 6 heteroatoms. The number of nitrogens with zero attached hydrogens (tertiary/aromatic N) is 2. The number of carbonyl (C=O) groups excluding carboxylic acids is 1. The standard InChI is InChI=1S/C24H31N3O3/c1-17(2)18-3-5-20(6-4-18)27-11-9-26(10-12-27)15-21(28)16-30-22-7-8-23-19(13-22)14-24(29)25-23/h3-8,13,17,21,28H,9-12,14-16H2,1-2H3,(H,25,29)/t21-/m0/s1. The van der Waals surface area contributed by atoms with E-state index in [1.165, 1.54) is 11.3 Å². The molecule has 0 aromatic heterocycles. The van der Waals surface area contributed by atoms with Gasteiger partial charge in [-0.25, -0.2) is 0 Å². The van der Waals surface area contributed by atoms with Crippen LogP contribution in [-0.2, 0) is 11.2 Å². The molecule has 0 saturated carbocycles. The Morgan fingerprint density at radius 1 is 1.07 bits per heavy atom. The number of nitrogens with one attached hydrogen (secondary N) is 1. The van der Waals surface area contributed by atoms with Crippen molar-refractivity contribution in [3.8, 4) is 5.75 Å². The maximum atomic E-state index is 11.5. The van der Waals surface area contributed by atoms with Crippen molar-refractivity contribution in [3.05, 3.63) is 53.6 Å². The normalized spacial score (nSPS) is 17.7. The van der Waals surface area contributed by atoms with Gasteiger partial charge in [-0.15, -0.1) is 0 Å². The number of anilines is 2. The number of β-amino-alcohol motifs (C(OH)–C–C–N with tert-alkyl or cyclic N) is 1. The van der Waals surface area contributed by atoms with E-state index in [2.05, 4.69) is 53.2 Å². The van der Waals surface area contributed by atoms with Crippen molar-refractivity contribution in [1.82, 2.24) is 4.90 Å². The largest absolute Gasteiger partial charge is 0.491 e. The highest BCUT2D eigenvalue weighted by Gasteiger charge is 2.21. The number of benzene rings is 2. The number of aliphatic hydroxyl groups excluding tert-OH is 1. The van der Waals surface area contributed by atoms with Crippen LogP contribution in [0.3, 0.4) is 0 Å². The van der Waals surface area contributed by atoms with Crippen molar-refractivity contribution in [2.24, 2.45) is 0 Å². The van der Waals surface area contributed by atoms with Crippen LogP contribution < -0.4 is 15.0 Å². The molecule has 0 aliphatic carbocycles. The summed E-state index contributed by atoms with van der Waals surface area (Å²) in [4.78, 5) is 16.1. The molecule has 0 spiro atoms. The second kappa shape index (κ2) is 9.06. The smallest absolute Gasteiger partial charge is 0.228 e. The first-order valence-electron chi connectivity index (χ1n) is 10.8. The zero-order chi connectivity index (χ0) is 21.1. The number of carbonyl (C=O) groups is 1. The molecule has 6 nitrogen and oxygen atoms in total. The van der Waals surface area contributed by atoms with Crippen LogP contribution in [-0.4, -0.2) is 61.3 Å². The molecule has 0 unspecified atom stereocenters. The number of aliphatic hydroxyl groups is 1. The molecule has 0 radical (unpaired) electrons. The minimum absolute atomic E-state index is 0.0113. The third kappa shape index (κ3) is 4.94. The fourth-order valence-corrected chi connectivity index (χ4v) is 4.10. The highest BCUT2D eigenvalue weighted by atomic mass is 16.5. The van der Waals surface area contributed by atoms with Crippen molar-refractivity contribution >= 4 is 17.3 Å². The molecule has 2 aliphatic heterocycles. The average molecular weight is 410 g/mol. The first-order valence-corrected chi connectivity index (χ1v) is 10.8. The molecule has 0 bridgehead atoms. The molecular weight excluding hydrogens is 378 g/mol. The van der Waals surface area contributed by atoms with Crippen molar-refractivity contribution in [2.45, 2.75) is 32.3 Å². The van der Waals surface area contributed by atoms with Gasteiger partial charge >= 0.3 is 0 Å². The first kappa shape index (κ1) is 20.7. The zero-order valence-electron chi connectivity index (χ0n) is 17.8. The molecular formula is C24H31N3O3. The van der Waals surface area contributed by atoms with Crippen LogP contribution in [0.25, 0.3) is 0 Å². The van der Waals surface area contributed by atoms with E-state index in [-0.39, 0.29) is 12.5 Å². The number of rotatable bonds is 7. The molecule has 2 aromatic rings. The maximum absolute atomic E-state index is 11.5. The molecule has 2 aliphatic rings. The van der Waals surface area contributed by atoms with Crippen LogP contribution in [0.4, 0.5) is 11.4 Å². The van der Waals surface area contributed by atoms with E-state index in [0.29, 0.717) is 24.6 Å².